The van der Waals surface area contributed by atoms with Gasteiger partial charge in [0.15, 0.2) is 5.82 Å². The first-order chi connectivity index (χ1) is 6.84. The van der Waals surface area contributed by atoms with Crippen LogP contribution in [0.15, 0.2) is 12.4 Å². The van der Waals surface area contributed by atoms with Crippen molar-refractivity contribution >= 4 is 17.7 Å². The van der Waals surface area contributed by atoms with Crippen molar-refractivity contribution < 1.29 is 4.39 Å². The highest BCUT2D eigenvalue weighted by Crippen LogP contribution is 2.25. The Kier molecular flexibility index (Phi) is 3.18. The van der Waals surface area contributed by atoms with Gasteiger partial charge in [0, 0.05) is 11.8 Å². The number of thioether (sulfide) groups is 1. The second-order valence-electron chi connectivity index (χ2n) is 3.24. The van der Waals surface area contributed by atoms with E-state index in [4.69, 9.17) is 0 Å². The van der Waals surface area contributed by atoms with E-state index >= 15 is 0 Å². The van der Waals surface area contributed by atoms with Crippen LogP contribution in [0.4, 0.5) is 10.3 Å². The number of hydrogen-bond acceptors (Lipinski definition) is 4. The van der Waals surface area contributed by atoms with Gasteiger partial charge in [-0.05, 0) is 18.6 Å². The lowest BCUT2D eigenvalue weighted by Crippen LogP contribution is -2.15. The molecule has 3 nitrogen and oxygen atoms in total. The Morgan fingerprint density at radius 2 is 2.29 bits per heavy atom. The molecule has 0 bridgehead atoms. The third-order valence-corrected chi connectivity index (χ3v) is 3.53. The van der Waals surface area contributed by atoms with Crippen LogP contribution < -0.4 is 5.32 Å². The Balaban J connectivity index is 1.82. The van der Waals surface area contributed by atoms with Gasteiger partial charge in [-0.1, -0.05) is 0 Å². The second-order valence-corrected chi connectivity index (χ2v) is 4.65. The maximum Gasteiger partial charge on any atom is 0.222 e. The highest BCUT2D eigenvalue weighted by atomic mass is 32.2. The molecule has 1 atom stereocenters. The standard InChI is InChI=1S/C9H12FN3S/c10-7-4-11-9(12-5-7)13-6-8-2-1-3-14-8/h4-5,8H,1-3,6H2,(H,11,12,13)/t8-/m1/s1. The van der Waals surface area contributed by atoms with E-state index in [1.165, 1.54) is 31.0 Å². The van der Waals surface area contributed by atoms with Gasteiger partial charge in [0.25, 0.3) is 0 Å². The summed E-state index contributed by atoms with van der Waals surface area (Å²) in [5, 5.41) is 3.76. The second kappa shape index (κ2) is 4.59. The number of anilines is 1. The lowest BCUT2D eigenvalue weighted by atomic mass is 10.2. The van der Waals surface area contributed by atoms with E-state index in [2.05, 4.69) is 15.3 Å². The summed E-state index contributed by atoms with van der Waals surface area (Å²) in [4.78, 5) is 7.67. The minimum atomic E-state index is -0.397. The summed E-state index contributed by atoms with van der Waals surface area (Å²) in [7, 11) is 0. The van der Waals surface area contributed by atoms with Gasteiger partial charge < -0.3 is 5.32 Å². The molecule has 0 saturated carbocycles. The number of aromatic nitrogens is 2. The van der Waals surface area contributed by atoms with Crippen LogP contribution in [0, 0.1) is 5.82 Å². The minimum Gasteiger partial charge on any atom is -0.353 e. The molecular formula is C9H12FN3S. The van der Waals surface area contributed by atoms with Crippen molar-refractivity contribution in [2.75, 3.05) is 17.6 Å². The Labute approximate surface area is 86.5 Å². The Hall–Kier alpha value is -0.840. The summed E-state index contributed by atoms with van der Waals surface area (Å²) in [6, 6.07) is 0. The molecule has 0 spiro atoms. The topological polar surface area (TPSA) is 37.8 Å². The lowest BCUT2D eigenvalue weighted by Gasteiger charge is -2.09. The maximum atomic E-state index is 12.5. The van der Waals surface area contributed by atoms with Crippen LogP contribution in [0.25, 0.3) is 0 Å². The van der Waals surface area contributed by atoms with Gasteiger partial charge >= 0.3 is 0 Å². The van der Waals surface area contributed by atoms with Crippen LogP contribution in [0.3, 0.4) is 0 Å². The van der Waals surface area contributed by atoms with E-state index in [9.17, 15) is 4.39 Å². The molecule has 0 aliphatic carbocycles. The fourth-order valence-electron chi connectivity index (χ4n) is 1.41. The van der Waals surface area contributed by atoms with E-state index in [1.807, 2.05) is 11.8 Å². The van der Waals surface area contributed by atoms with Crippen molar-refractivity contribution in [3.63, 3.8) is 0 Å². The SMILES string of the molecule is Fc1cnc(NC[C@H]2CCCS2)nc1. The first-order valence-electron chi connectivity index (χ1n) is 4.67. The van der Waals surface area contributed by atoms with Gasteiger partial charge in [-0.3, -0.25) is 0 Å². The molecule has 2 heterocycles. The quantitative estimate of drug-likeness (QED) is 0.832. The highest BCUT2D eigenvalue weighted by molar-refractivity contribution is 8.00. The van der Waals surface area contributed by atoms with Gasteiger partial charge in [0.1, 0.15) is 0 Å². The molecule has 1 aromatic rings. The first kappa shape index (κ1) is 9.71. The van der Waals surface area contributed by atoms with Crippen molar-refractivity contribution in [2.45, 2.75) is 18.1 Å². The monoisotopic (exact) mass is 213 g/mol. The van der Waals surface area contributed by atoms with Crippen LogP contribution in [0.1, 0.15) is 12.8 Å². The zero-order valence-electron chi connectivity index (χ0n) is 7.74. The largest absolute Gasteiger partial charge is 0.353 e. The summed E-state index contributed by atoms with van der Waals surface area (Å²) in [6.07, 6.45) is 4.90. The van der Waals surface area contributed by atoms with Gasteiger partial charge in [-0.25, -0.2) is 14.4 Å². The molecule has 5 heteroatoms. The first-order valence-corrected chi connectivity index (χ1v) is 5.72. The number of halogens is 1. The van der Waals surface area contributed by atoms with Crippen LogP contribution in [-0.2, 0) is 0 Å². The average molecular weight is 213 g/mol. The Morgan fingerprint density at radius 3 is 2.93 bits per heavy atom. The van der Waals surface area contributed by atoms with Gasteiger partial charge in [-0.2, -0.15) is 11.8 Å². The predicted octanol–water partition coefficient (Wildman–Crippen LogP) is 1.92. The van der Waals surface area contributed by atoms with Gasteiger partial charge in [-0.15, -0.1) is 0 Å². The highest BCUT2D eigenvalue weighted by Gasteiger charge is 2.15. The Morgan fingerprint density at radius 1 is 1.50 bits per heavy atom. The molecule has 0 unspecified atom stereocenters. The van der Waals surface area contributed by atoms with Crippen molar-refractivity contribution in [1.29, 1.82) is 0 Å². The number of rotatable bonds is 3. The summed E-state index contributed by atoms with van der Waals surface area (Å²) in [5.74, 6) is 1.36. The van der Waals surface area contributed by atoms with Crippen molar-refractivity contribution in [3.8, 4) is 0 Å². The van der Waals surface area contributed by atoms with Gasteiger partial charge in [0.2, 0.25) is 5.95 Å². The number of hydrogen-bond donors (Lipinski definition) is 1. The average Bonchev–Trinajstić information content (AvgIpc) is 2.70. The zero-order chi connectivity index (χ0) is 9.80. The third kappa shape index (κ3) is 2.57. The fraction of sp³-hybridized carbons (Fsp3) is 0.556. The van der Waals surface area contributed by atoms with E-state index in [0.717, 1.165) is 6.54 Å². The van der Waals surface area contributed by atoms with Gasteiger partial charge in [0.05, 0.1) is 12.4 Å². The lowest BCUT2D eigenvalue weighted by molar-refractivity contribution is 0.614. The van der Waals surface area contributed by atoms with Crippen LogP contribution in [0.2, 0.25) is 0 Å². The van der Waals surface area contributed by atoms with Crippen LogP contribution in [0.5, 0.6) is 0 Å². The van der Waals surface area contributed by atoms with E-state index in [0.29, 0.717) is 11.2 Å². The summed E-state index contributed by atoms with van der Waals surface area (Å²) in [5.41, 5.74) is 0. The molecule has 76 valence electrons. The van der Waals surface area contributed by atoms with Crippen molar-refractivity contribution in [2.24, 2.45) is 0 Å². The molecular weight excluding hydrogens is 201 g/mol. The molecule has 1 fully saturated rings. The predicted molar refractivity (Wildman–Crippen MR) is 56.0 cm³/mol. The summed E-state index contributed by atoms with van der Waals surface area (Å²) >= 11 is 1.97. The Bertz CT molecular complexity index is 285. The molecule has 2 rings (SSSR count). The smallest absolute Gasteiger partial charge is 0.222 e. The summed E-state index contributed by atoms with van der Waals surface area (Å²) in [6.45, 7) is 0.871. The molecule has 1 N–H and O–H groups in total. The zero-order valence-corrected chi connectivity index (χ0v) is 8.56. The van der Waals surface area contributed by atoms with E-state index < -0.39 is 5.82 Å². The van der Waals surface area contributed by atoms with E-state index in [1.54, 1.807) is 0 Å². The van der Waals surface area contributed by atoms with Crippen LogP contribution >= 0.6 is 11.8 Å². The normalized spacial score (nSPS) is 21.1. The number of nitrogens with one attached hydrogen (secondary N) is 1. The molecule has 1 aliphatic heterocycles. The molecule has 14 heavy (non-hydrogen) atoms. The molecule has 1 aromatic heterocycles. The van der Waals surface area contributed by atoms with Crippen LogP contribution in [-0.4, -0.2) is 27.5 Å². The fourth-order valence-corrected chi connectivity index (χ4v) is 2.62. The van der Waals surface area contributed by atoms with Crippen molar-refractivity contribution in [1.82, 2.24) is 9.97 Å². The minimum absolute atomic E-state index is 0.397. The summed E-state index contributed by atoms with van der Waals surface area (Å²) < 4.78 is 12.5. The molecule has 0 aromatic carbocycles. The van der Waals surface area contributed by atoms with Crippen molar-refractivity contribution in [3.05, 3.63) is 18.2 Å². The third-order valence-electron chi connectivity index (χ3n) is 2.13. The molecule has 0 radical (unpaired) electrons. The number of nitrogens with zero attached hydrogens (tertiary/aromatic N) is 2. The molecule has 1 aliphatic rings. The van der Waals surface area contributed by atoms with E-state index in [-0.39, 0.29) is 0 Å². The maximum absolute atomic E-state index is 12.5. The molecule has 1 saturated heterocycles. The molecule has 0 amide bonds.